The van der Waals surface area contributed by atoms with E-state index in [4.69, 9.17) is 50.5 Å². The van der Waals surface area contributed by atoms with Gasteiger partial charge in [0.05, 0.1) is 0 Å². The molecule has 0 atom stereocenters. The van der Waals surface area contributed by atoms with E-state index < -0.39 is 0 Å². The lowest BCUT2D eigenvalue weighted by Gasteiger charge is -2.28. The number of rotatable bonds is 0. The maximum absolute atomic E-state index is 5.14. The zero-order valence-electron chi connectivity index (χ0n) is 28.6. The highest BCUT2D eigenvalue weighted by Gasteiger charge is 2.26. The van der Waals surface area contributed by atoms with Crippen LogP contribution in [0.15, 0.2) is 19.6 Å². The highest BCUT2D eigenvalue weighted by molar-refractivity contribution is 7.81. The summed E-state index contributed by atoms with van der Waals surface area (Å²) >= 11 is 20.5. The van der Waals surface area contributed by atoms with Crippen molar-refractivity contribution in [3.05, 3.63) is 111 Å². The lowest BCUT2D eigenvalue weighted by Crippen LogP contribution is -2.14. The average Bonchev–Trinajstić information content (AvgIpc) is 2.99. The third kappa shape index (κ3) is 5.11. The van der Waals surface area contributed by atoms with Crippen LogP contribution in [0.3, 0.4) is 0 Å². The van der Waals surface area contributed by atoms with Crippen molar-refractivity contribution < 1.29 is 0 Å². The first-order valence-corrected chi connectivity index (χ1v) is 17.5. The van der Waals surface area contributed by atoms with E-state index in [2.05, 4.69) is 83.1 Å². The number of benzene rings is 4. The summed E-state index contributed by atoms with van der Waals surface area (Å²) in [6.07, 6.45) is 3.50. The molecule has 44 heavy (non-hydrogen) atoms. The first-order valence-electron chi connectivity index (χ1n) is 15.7. The second-order valence-corrected chi connectivity index (χ2v) is 15.2. The van der Waals surface area contributed by atoms with E-state index in [0.29, 0.717) is 0 Å². The summed E-state index contributed by atoms with van der Waals surface area (Å²) in [6, 6.07) is 0. The van der Waals surface area contributed by atoms with Gasteiger partial charge in [-0.3, -0.25) is 0 Å². The maximum atomic E-state index is 5.14. The molecule has 5 rings (SSSR count). The van der Waals surface area contributed by atoms with Gasteiger partial charge in [-0.25, -0.2) is 0 Å². The molecule has 0 nitrogen and oxygen atoms in total. The van der Waals surface area contributed by atoms with E-state index in [1.165, 1.54) is 111 Å². The van der Waals surface area contributed by atoms with Gasteiger partial charge in [-0.1, -0.05) is 0 Å². The molecule has 0 amide bonds. The Kier molecular flexibility index (Phi) is 9.28. The molecule has 0 saturated carbocycles. The molecule has 0 saturated heterocycles. The van der Waals surface area contributed by atoms with Crippen LogP contribution in [0.25, 0.3) is 0 Å². The van der Waals surface area contributed by atoms with Crippen LogP contribution in [0.1, 0.15) is 111 Å². The molecule has 0 aromatic heterocycles. The zero-order chi connectivity index (χ0) is 32.7. The highest BCUT2D eigenvalue weighted by atomic mass is 32.1. The summed E-state index contributed by atoms with van der Waals surface area (Å²) < 4.78 is 0. The van der Waals surface area contributed by atoms with E-state index in [1.807, 2.05) is 0 Å². The van der Waals surface area contributed by atoms with Crippen molar-refractivity contribution in [2.45, 2.75) is 128 Å². The van der Waals surface area contributed by atoms with Crippen molar-refractivity contribution in [1.29, 1.82) is 0 Å². The Morgan fingerprint density at radius 1 is 0.227 bits per heavy atom. The van der Waals surface area contributed by atoms with E-state index >= 15 is 0 Å². The second kappa shape index (κ2) is 12.1. The zero-order valence-corrected chi connectivity index (χ0v) is 32.2. The summed E-state index contributed by atoms with van der Waals surface area (Å²) in [5.74, 6) is 0. The predicted octanol–water partition coefficient (Wildman–Crippen LogP) is 11.2. The van der Waals surface area contributed by atoms with Crippen molar-refractivity contribution in [2.24, 2.45) is 0 Å². The van der Waals surface area contributed by atoms with Gasteiger partial charge in [-0.15, -0.1) is 50.5 Å². The summed E-state index contributed by atoms with van der Waals surface area (Å²) in [5.41, 5.74) is 27.0. The molecule has 8 bridgehead atoms. The minimum Gasteiger partial charge on any atom is -0.143 e. The van der Waals surface area contributed by atoms with E-state index in [1.54, 1.807) is 0 Å². The van der Waals surface area contributed by atoms with Crippen LogP contribution in [0, 0.1) is 83.1 Å². The monoisotopic (exact) mass is 656 g/mol. The van der Waals surface area contributed by atoms with Crippen LogP contribution in [-0.4, -0.2) is 0 Å². The predicted molar refractivity (Wildman–Crippen MR) is 203 cm³/mol. The molecule has 0 unspecified atom stereocenters. The quantitative estimate of drug-likeness (QED) is 0.117. The van der Waals surface area contributed by atoms with Crippen molar-refractivity contribution in [1.82, 2.24) is 0 Å². The minimum absolute atomic E-state index is 0.876. The van der Waals surface area contributed by atoms with Crippen LogP contribution in [-0.2, 0) is 25.7 Å². The lowest BCUT2D eigenvalue weighted by molar-refractivity contribution is 0.929. The molecule has 4 aromatic carbocycles. The number of hydrogen-bond donors (Lipinski definition) is 4. The Balaban J connectivity index is 1.96. The fourth-order valence-corrected chi connectivity index (χ4v) is 9.16. The Morgan fingerprint density at radius 2 is 0.341 bits per heavy atom. The van der Waals surface area contributed by atoms with Crippen LogP contribution < -0.4 is 0 Å². The molecule has 0 aliphatic heterocycles. The molecule has 0 N–H and O–H groups in total. The van der Waals surface area contributed by atoms with Gasteiger partial charge in [0.25, 0.3) is 0 Å². The van der Waals surface area contributed by atoms with Gasteiger partial charge in [0.15, 0.2) is 0 Å². The smallest absolute Gasteiger partial charge is 0.0104 e. The molecule has 1 aliphatic rings. The number of fused-ring (bicyclic) bond motifs is 8. The van der Waals surface area contributed by atoms with Gasteiger partial charge in [-0.05, 0) is 220 Å². The standard InChI is InChI=1S/C40H48S4/c1-17-29-13-31-18(2)33(25(9)38(42)23(31)7)15-35-20(4)36(28(12)40(44)27(35)11)16-34-19(3)32(24(8)39(43)26(34)10)14-30(17)22(6)37(41)21(29)5/h41-44H,13-16H2,1-12H3. The fraction of sp³-hybridized carbons (Fsp3) is 0.400. The number of thiol groups is 4. The van der Waals surface area contributed by atoms with Gasteiger partial charge < -0.3 is 0 Å². The molecule has 0 radical (unpaired) electrons. The Morgan fingerprint density at radius 3 is 0.455 bits per heavy atom. The van der Waals surface area contributed by atoms with Crippen molar-refractivity contribution >= 4 is 50.5 Å². The maximum Gasteiger partial charge on any atom is 0.0104 e. The molecule has 1 aliphatic carbocycles. The fourth-order valence-electron chi connectivity index (χ4n) is 8.08. The first-order chi connectivity index (χ1) is 20.5. The molecule has 4 heteroatoms. The molecule has 4 aromatic rings. The van der Waals surface area contributed by atoms with Gasteiger partial charge in [0, 0.05) is 19.6 Å². The van der Waals surface area contributed by atoms with Crippen LogP contribution in [0.2, 0.25) is 0 Å². The summed E-state index contributed by atoms with van der Waals surface area (Å²) in [7, 11) is 0. The molecular formula is C40H48S4. The summed E-state index contributed by atoms with van der Waals surface area (Å²) in [4.78, 5) is 4.45. The molecular weight excluding hydrogens is 609 g/mol. The first kappa shape index (κ1) is 33.6. The average molecular weight is 657 g/mol. The number of hydrogen-bond acceptors (Lipinski definition) is 4. The summed E-state index contributed by atoms with van der Waals surface area (Å²) in [6.45, 7) is 27.3. The normalized spacial score (nSPS) is 13.1. The van der Waals surface area contributed by atoms with E-state index in [9.17, 15) is 0 Å². The third-order valence-corrected chi connectivity index (χ3v) is 14.2. The van der Waals surface area contributed by atoms with Crippen LogP contribution >= 0.6 is 50.5 Å². The van der Waals surface area contributed by atoms with Crippen LogP contribution in [0.5, 0.6) is 0 Å². The Labute approximate surface area is 288 Å². The lowest BCUT2D eigenvalue weighted by atomic mass is 9.79. The summed E-state index contributed by atoms with van der Waals surface area (Å²) in [5, 5.41) is 0. The van der Waals surface area contributed by atoms with Gasteiger partial charge >= 0.3 is 0 Å². The Bertz CT molecular complexity index is 1510. The van der Waals surface area contributed by atoms with Crippen molar-refractivity contribution in [3.8, 4) is 0 Å². The van der Waals surface area contributed by atoms with Crippen LogP contribution in [0.4, 0.5) is 0 Å². The largest absolute Gasteiger partial charge is 0.143 e. The van der Waals surface area contributed by atoms with Gasteiger partial charge in [0.2, 0.25) is 0 Å². The highest BCUT2D eigenvalue weighted by Crippen LogP contribution is 2.41. The molecule has 0 heterocycles. The molecule has 0 fully saturated rings. The van der Waals surface area contributed by atoms with Gasteiger partial charge in [0.1, 0.15) is 0 Å². The third-order valence-electron chi connectivity index (χ3n) is 11.5. The van der Waals surface area contributed by atoms with Crippen molar-refractivity contribution in [2.75, 3.05) is 0 Å². The molecule has 232 valence electrons. The van der Waals surface area contributed by atoms with E-state index in [-0.39, 0.29) is 0 Å². The minimum atomic E-state index is 0.876. The molecule has 0 spiro atoms. The van der Waals surface area contributed by atoms with Crippen molar-refractivity contribution in [3.63, 3.8) is 0 Å². The van der Waals surface area contributed by atoms with Gasteiger partial charge in [-0.2, -0.15) is 0 Å². The second-order valence-electron chi connectivity index (χ2n) is 13.4. The SMILES string of the molecule is Cc1c(S)c(C)c2c(C)c1Cc1c(C)c(S)c(C)c(c1C)Cc1c(C)c(S)c(C)c(c1C)Cc1c(C)c(S)c(C)c(c1C)C2. The topological polar surface area (TPSA) is 0 Å². The Hall–Kier alpha value is -1.72. The van der Waals surface area contributed by atoms with E-state index in [0.717, 1.165) is 45.3 Å².